The first kappa shape index (κ1) is 13.4. The van der Waals surface area contributed by atoms with Gasteiger partial charge in [0.15, 0.2) is 0 Å². The summed E-state index contributed by atoms with van der Waals surface area (Å²) in [7, 11) is 0. The second-order valence-electron chi connectivity index (χ2n) is 3.11. The van der Waals surface area contributed by atoms with Gasteiger partial charge in [0.2, 0.25) is 5.91 Å². The van der Waals surface area contributed by atoms with Gasteiger partial charge >= 0.3 is 0 Å². The van der Waals surface area contributed by atoms with Gasteiger partial charge in [0.25, 0.3) is 0 Å². The quantitative estimate of drug-likeness (QED) is 0.858. The van der Waals surface area contributed by atoms with Gasteiger partial charge in [-0.25, -0.2) is 4.98 Å². The summed E-state index contributed by atoms with van der Waals surface area (Å²) >= 11 is 6.71. The molecule has 0 aliphatic rings. The van der Waals surface area contributed by atoms with Crippen LogP contribution in [0.3, 0.4) is 0 Å². The van der Waals surface area contributed by atoms with Crippen LogP contribution >= 0.6 is 31.9 Å². The summed E-state index contributed by atoms with van der Waals surface area (Å²) in [6.45, 7) is 3.14. The first-order chi connectivity index (χ1) is 7.63. The molecule has 0 aliphatic heterocycles. The lowest BCUT2D eigenvalue weighted by Gasteiger charge is -2.07. The van der Waals surface area contributed by atoms with Crippen molar-refractivity contribution in [2.75, 3.05) is 18.4 Å². The third kappa shape index (κ3) is 4.49. The number of rotatable bonds is 5. The maximum Gasteiger partial charge on any atom is 0.221 e. The Morgan fingerprint density at radius 3 is 2.88 bits per heavy atom. The highest BCUT2D eigenvalue weighted by Crippen LogP contribution is 2.23. The summed E-state index contributed by atoms with van der Waals surface area (Å²) in [6, 6.07) is 1.90. The highest BCUT2D eigenvalue weighted by molar-refractivity contribution is 9.11. The van der Waals surface area contributed by atoms with Crippen LogP contribution in [0.1, 0.15) is 13.3 Å². The Balaban J connectivity index is 2.40. The van der Waals surface area contributed by atoms with E-state index in [1.807, 2.05) is 13.0 Å². The summed E-state index contributed by atoms with van der Waals surface area (Å²) < 4.78 is 1.78. The Hall–Kier alpha value is -0.620. The molecule has 1 aromatic heterocycles. The predicted molar refractivity (Wildman–Crippen MR) is 71.4 cm³/mol. The Bertz CT molecular complexity index is 371. The number of pyridine rings is 1. The van der Waals surface area contributed by atoms with Gasteiger partial charge in [-0.1, -0.05) is 0 Å². The fourth-order valence-electron chi connectivity index (χ4n) is 1.12. The Labute approximate surface area is 111 Å². The van der Waals surface area contributed by atoms with Crippen LogP contribution in [-0.4, -0.2) is 24.0 Å². The summed E-state index contributed by atoms with van der Waals surface area (Å²) in [5.41, 5.74) is 0. The Morgan fingerprint density at radius 2 is 2.25 bits per heavy atom. The molecule has 6 heteroatoms. The molecule has 0 aliphatic carbocycles. The van der Waals surface area contributed by atoms with Crippen molar-refractivity contribution in [1.82, 2.24) is 10.3 Å². The molecule has 0 fully saturated rings. The maximum atomic E-state index is 11.2. The third-order valence-electron chi connectivity index (χ3n) is 1.83. The summed E-state index contributed by atoms with van der Waals surface area (Å²) in [6.07, 6.45) is 2.15. The SMILES string of the molecule is CCNC(=O)CCNc1ncc(Br)cc1Br. The fraction of sp³-hybridized carbons (Fsp3) is 0.400. The number of carbonyl (C=O) groups excluding carboxylic acids is 1. The van der Waals surface area contributed by atoms with Gasteiger partial charge in [-0.15, -0.1) is 0 Å². The van der Waals surface area contributed by atoms with E-state index in [-0.39, 0.29) is 5.91 Å². The van der Waals surface area contributed by atoms with Crippen LogP contribution in [0, 0.1) is 0 Å². The molecule has 0 saturated heterocycles. The lowest BCUT2D eigenvalue weighted by Crippen LogP contribution is -2.24. The van der Waals surface area contributed by atoms with Gasteiger partial charge in [-0.2, -0.15) is 0 Å². The van der Waals surface area contributed by atoms with Gasteiger partial charge in [-0.05, 0) is 44.8 Å². The lowest BCUT2D eigenvalue weighted by atomic mass is 10.4. The van der Waals surface area contributed by atoms with Crippen molar-refractivity contribution in [2.45, 2.75) is 13.3 Å². The summed E-state index contributed by atoms with van der Waals surface area (Å²) in [5.74, 6) is 0.788. The van der Waals surface area contributed by atoms with Crippen molar-refractivity contribution in [1.29, 1.82) is 0 Å². The second kappa shape index (κ2) is 6.85. The number of amides is 1. The topological polar surface area (TPSA) is 54.0 Å². The van der Waals surface area contributed by atoms with Gasteiger partial charge in [0, 0.05) is 30.2 Å². The van der Waals surface area contributed by atoms with Crippen molar-refractivity contribution >= 4 is 43.6 Å². The number of aromatic nitrogens is 1. The molecule has 0 atom stereocenters. The van der Waals surface area contributed by atoms with E-state index in [1.165, 1.54) is 0 Å². The average molecular weight is 351 g/mol. The van der Waals surface area contributed by atoms with Gasteiger partial charge in [0.1, 0.15) is 5.82 Å². The van der Waals surface area contributed by atoms with Crippen molar-refractivity contribution in [3.05, 3.63) is 21.2 Å². The standard InChI is InChI=1S/C10H13Br2N3O/c1-2-13-9(16)3-4-14-10-8(12)5-7(11)6-15-10/h5-6H,2-4H2,1H3,(H,13,16)(H,14,15). The molecule has 88 valence electrons. The molecule has 4 nitrogen and oxygen atoms in total. The summed E-state index contributed by atoms with van der Waals surface area (Å²) in [5, 5.41) is 5.83. The van der Waals surface area contributed by atoms with Crippen LogP contribution < -0.4 is 10.6 Å². The molecular formula is C10H13Br2N3O. The zero-order chi connectivity index (χ0) is 12.0. The van der Waals surface area contributed by atoms with E-state index in [2.05, 4.69) is 47.5 Å². The molecule has 0 saturated carbocycles. The normalized spacial score (nSPS) is 9.94. The Morgan fingerprint density at radius 1 is 1.50 bits per heavy atom. The van der Waals surface area contributed by atoms with E-state index in [1.54, 1.807) is 6.20 Å². The minimum Gasteiger partial charge on any atom is -0.369 e. The Kier molecular flexibility index (Phi) is 5.76. The number of nitrogens with zero attached hydrogens (tertiary/aromatic N) is 1. The molecule has 0 spiro atoms. The zero-order valence-corrected chi connectivity index (χ0v) is 12.1. The maximum absolute atomic E-state index is 11.2. The van der Waals surface area contributed by atoms with Gasteiger partial charge < -0.3 is 10.6 Å². The minimum absolute atomic E-state index is 0.0447. The third-order valence-corrected chi connectivity index (χ3v) is 2.86. The number of anilines is 1. The van der Waals surface area contributed by atoms with E-state index in [0.717, 1.165) is 14.8 Å². The van der Waals surface area contributed by atoms with Crippen LogP contribution in [-0.2, 0) is 4.79 Å². The number of hydrogen-bond donors (Lipinski definition) is 2. The van der Waals surface area contributed by atoms with Crippen molar-refractivity contribution in [3.63, 3.8) is 0 Å². The molecule has 1 heterocycles. The van der Waals surface area contributed by atoms with Crippen molar-refractivity contribution in [3.8, 4) is 0 Å². The molecule has 16 heavy (non-hydrogen) atoms. The van der Waals surface area contributed by atoms with Crippen LogP contribution in [0.2, 0.25) is 0 Å². The first-order valence-corrected chi connectivity index (χ1v) is 6.53. The largest absolute Gasteiger partial charge is 0.369 e. The monoisotopic (exact) mass is 349 g/mol. The molecule has 1 rings (SSSR count). The van der Waals surface area contributed by atoms with E-state index >= 15 is 0 Å². The highest BCUT2D eigenvalue weighted by Gasteiger charge is 2.03. The van der Waals surface area contributed by atoms with E-state index < -0.39 is 0 Å². The van der Waals surface area contributed by atoms with Crippen LogP contribution in [0.25, 0.3) is 0 Å². The smallest absolute Gasteiger partial charge is 0.221 e. The van der Waals surface area contributed by atoms with Gasteiger partial charge in [-0.3, -0.25) is 4.79 Å². The number of nitrogens with one attached hydrogen (secondary N) is 2. The lowest BCUT2D eigenvalue weighted by molar-refractivity contribution is -0.120. The number of hydrogen-bond acceptors (Lipinski definition) is 3. The molecule has 1 amide bonds. The molecule has 0 bridgehead atoms. The van der Waals surface area contributed by atoms with Crippen LogP contribution in [0.5, 0.6) is 0 Å². The molecule has 1 aromatic rings. The van der Waals surface area contributed by atoms with E-state index in [4.69, 9.17) is 0 Å². The molecular weight excluding hydrogens is 338 g/mol. The molecule has 0 radical (unpaired) electrons. The number of halogens is 2. The number of carbonyl (C=O) groups is 1. The van der Waals surface area contributed by atoms with Crippen LogP contribution in [0.4, 0.5) is 5.82 Å². The second-order valence-corrected chi connectivity index (χ2v) is 4.88. The van der Waals surface area contributed by atoms with E-state index in [0.29, 0.717) is 19.5 Å². The molecule has 2 N–H and O–H groups in total. The highest BCUT2D eigenvalue weighted by atomic mass is 79.9. The fourth-order valence-corrected chi connectivity index (χ4v) is 2.25. The zero-order valence-electron chi connectivity index (χ0n) is 8.89. The average Bonchev–Trinajstić information content (AvgIpc) is 2.22. The molecule has 0 aromatic carbocycles. The summed E-state index contributed by atoms with van der Waals surface area (Å²) in [4.78, 5) is 15.4. The van der Waals surface area contributed by atoms with E-state index in [9.17, 15) is 4.79 Å². The predicted octanol–water partition coefficient (Wildman–Crippen LogP) is 2.54. The van der Waals surface area contributed by atoms with Gasteiger partial charge in [0.05, 0.1) is 4.47 Å². The molecule has 0 unspecified atom stereocenters. The van der Waals surface area contributed by atoms with Crippen molar-refractivity contribution < 1.29 is 4.79 Å². The minimum atomic E-state index is 0.0447. The van der Waals surface area contributed by atoms with Crippen molar-refractivity contribution in [2.24, 2.45) is 0 Å². The van der Waals surface area contributed by atoms with Crippen LogP contribution in [0.15, 0.2) is 21.2 Å². The first-order valence-electron chi connectivity index (χ1n) is 4.95.